The van der Waals surface area contributed by atoms with Crippen molar-refractivity contribution >= 4 is 11.9 Å². The van der Waals surface area contributed by atoms with Crippen molar-refractivity contribution in [1.82, 2.24) is 5.32 Å². The van der Waals surface area contributed by atoms with E-state index in [1.165, 1.54) is 327 Å². The second-order valence-corrected chi connectivity index (χ2v) is 27.8. The van der Waals surface area contributed by atoms with Gasteiger partial charge in [-0.05, 0) is 57.8 Å². The third-order valence-electron chi connectivity index (χ3n) is 19.1. The van der Waals surface area contributed by atoms with Crippen molar-refractivity contribution in [2.24, 2.45) is 0 Å². The van der Waals surface area contributed by atoms with Gasteiger partial charge in [0, 0.05) is 12.8 Å². The molecule has 11 nitrogen and oxygen atoms in total. The summed E-state index contributed by atoms with van der Waals surface area (Å²) in [5.41, 5.74) is 0. The molecular weight excluding hydrogens is 1120 g/mol. The SMILES string of the molecule is CCCCCCCCCCCCC/C=C/C(O)C(COC1OC(CO)C(O)C(O)C1O)NC(=O)CCCCCCCCCCCCCCCCCCC/C=C\CCCCCCCCCCCCCCCCCCOC(=O)CCCCCCCCCCCCCC. The Morgan fingerprint density at radius 2 is 0.711 bits per heavy atom. The highest BCUT2D eigenvalue weighted by Crippen LogP contribution is 2.24. The van der Waals surface area contributed by atoms with Crippen molar-refractivity contribution < 1.29 is 49.3 Å². The lowest BCUT2D eigenvalue weighted by atomic mass is 9.99. The smallest absolute Gasteiger partial charge is 0.305 e. The van der Waals surface area contributed by atoms with E-state index in [2.05, 4.69) is 31.3 Å². The van der Waals surface area contributed by atoms with Gasteiger partial charge in [-0.25, -0.2) is 0 Å². The first-order valence-electron chi connectivity index (χ1n) is 39.6. The van der Waals surface area contributed by atoms with Gasteiger partial charge in [0.05, 0.1) is 32.0 Å². The first-order chi connectivity index (χ1) is 44.2. The molecule has 1 amide bonds. The zero-order valence-corrected chi connectivity index (χ0v) is 59.4. The molecular formula is C79H151NO10. The number of amides is 1. The third-order valence-corrected chi connectivity index (χ3v) is 19.1. The van der Waals surface area contributed by atoms with Gasteiger partial charge >= 0.3 is 5.97 Å². The van der Waals surface area contributed by atoms with Gasteiger partial charge in [-0.3, -0.25) is 9.59 Å². The van der Waals surface area contributed by atoms with Crippen LogP contribution in [0.4, 0.5) is 0 Å². The van der Waals surface area contributed by atoms with Crippen molar-refractivity contribution in [3.8, 4) is 0 Å². The van der Waals surface area contributed by atoms with E-state index < -0.39 is 49.5 Å². The highest BCUT2D eigenvalue weighted by molar-refractivity contribution is 5.76. The molecule has 1 fully saturated rings. The highest BCUT2D eigenvalue weighted by Gasteiger charge is 2.44. The molecule has 0 aromatic carbocycles. The van der Waals surface area contributed by atoms with Gasteiger partial charge in [0.2, 0.25) is 5.91 Å². The average Bonchev–Trinajstić information content (AvgIpc) is 2.71. The minimum atomic E-state index is -1.57. The number of esters is 1. The fourth-order valence-corrected chi connectivity index (χ4v) is 12.8. The Hall–Kier alpha value is -1.86. The van der Waals surface area contributed by atoms with Gasteiger partial charge in [0.1, 0.15) is 24.4 Å². The second-order valence-electron chi connectivity index (χ2n) is 27.8. The van der Waals surface area contributed by atoms with E-state index in [9.17, 15) is 35.1 Å². The summed E-state index contributed by atoms with van der Waals surface area (Å²) in [4.78, 5) is 25.1. The van der Waals surface area contributed by atoms with Crippen LogP contribution in [0.5, 0.6) is 0 Å². The standard InChI is InChI=1S/C79H151NO10/c1-3-5-7-9-11-13-15-42-45-49-53-57-61-65-72(82)71(70-89-79-78(87)77(86)76(85)73(69-81)90-79)80-74(83)66-62-58-54-50-46-43-40-38-36-34-32-30-28-26-24-22-20-18-17-19-21-23-25-27-29-31-33-35-37-39-41-44-48-52-56-60-64-68-88-75(84)67-63-59-55-51-47-16-14-12-10-8-6-4-2/h17,19,61,65,71-73,76-79,81-82,85-87H,3-16,18,20-60,62-64,66-70H2,1-2H3,(H,80,83)/b19-17-,65-61+. The normalized spacial score (nSPS) is 17.7. The lowest BCUT2D eigenvalue weighted by molar-refractivity contribution is -0.302. The van der Waals surface area contributed by atoms with Crippen LogP contribution in [0.1, 0.15) is 406 Å². The van der Waals surface area contributed by atoms with E-state index in [-0.39, 0.29) is 18.5 Å². The molecule has 0 saturated carbocycles. The van der Waals surface area contributed by atoms with Gasteiger partial charge in [-0.2, -0.15) is 0 Å². The molecule has 1 heterocycles. The van der Waals surface area contributed by atoms with E-state index in [4.69, 9.17) is 14.2 Å². The maximum absolute atomic E-state index is 13.1. The monoisotopic (exact) mass is 1270 g/mol. The van der Waals surface area contributed by atoms with Crippen molar-refractivity contribution in [3.63, 3.8) is 0 Å². The van der Waals surface area contributed by atoms with E-state index in [0.29, 0.717) is 19.4 Å². The van der Waals surface area contributed by atoms with Gasteiger partial charge in [-0.1, -0.05) is 359 Å². The number of aliphatic hydroxyl groups excluding tert-OH is 5. The average molecular weight is 1280 g/mol. The zero-order chi connectivity index (χ0) is 65.1. The Kier molecular flexibility index (Phi) is 65.6. The number of nitrogens with one attached hydrogen (secondary N) is 1. The molecule has 1 aliphatic heterocycles. The summed E-state index contributed by atoms with van der Waals surface area (Å²) in [6.45, 7) is 4.40. The molecule has 532 valence electrons. The lowest BCUT2D eigenvalue weighted by Gasteiger charge is -2.40. The first-order valence-corrected chi connectivity index (χ1v) is 39.6. The van der Waals surface area contributed by atoms with Gasteiger partial charge in [0.15, 0.2) is 6.29 Å². The Morgan fingerprint density at radius 3 is 1.07 bits per heavy atom. The number of hydrogen-bond acceptors (Lipinski definition) is 10. The molecule has 1 rings (SSSR count). The van der Waals surface area contributed by atoms with Crippen LogP contribution in [-0.4, -0.2) is 100 Å². The zero-order valence-electron chi connectivity index (χ0n) is 59.4. The molecule has 0 aromatic heterocycles. The van der Waals surface area contributed by atoms with Crippen LogP contribution in [0.2, 0.25) is 0 Å². The highest BCUT2D eigenvalue weighted by atomic mass is 16.7. The number of hydrogen-bond donors (Lipinski definition) is 6. The fourth-order valence-electron chi connectivity index (χ4n) is 12.8. The molecule has 7 atom stereocenters. The minimum Gasteiger partial charge on any atom is -0.466 e. The van der Waals surface area contributed by atoms with Crippen LogP contribution < -0.4 is 5.32 Å². The summed E-state index contributed by atoms with van der Waals surface area (Å²) in [5.74, 6) is -0.158. The number of carbonyl (C=O) groups is 2. The molecule has 0 bridgehead atoms. The van der Waals surface area contributed by atoms with E-state index >= 15 is 0 Å². The van der Waals surface area contributed by atoms with Crippen molar-refractivity contribution in [1.29, 1.82) is 0 Å². The predicted molar refractivity (Wildman–Crippen MR) is 380 cm³/mol. The molecule has 1 aliphatic rings. The van der Waals surface area contributed by atoms with Crippen LogP contribution in [0, 0.1) is 0 Å². The maximum Gasteiger partial charge on any atom is 0.305 e. The van der Waals surface area contributed by atoms with E-state index in [1.54, 1.807) is 6.08 Å². The summed E-state index contributed by atoms with van der Waals surface area (Å²) in [6.07, 6.45) is 77.8. The number of carbonyl (C=O) groups excluding carboxylic acids is 2. The summed E-state index contributed by atoms with van der Waals surface area (Å²) in [6, 6.07) is -0.806. The molecule has 0 spiro atoms. The molecule has 11 heteroatoms. The number of unbranched alkanes of at least 4 members (excludes halogenated alkanes) is 55. The summed E-state index contributed by atoms with van der Waals surface area (Å²) in [7, 11) is 0. The predicted octanol–water partition coefficient (Wildman–Crippen LogP) is 21.1. The fraction of sp³-hybridized carbons (Fsp3) is 0.924. The minimum absolute atomic E-state index is 0.0167. The van der Waals surface area contributed by atoms with Crippen molar-refractivity contribution in [3.05, 3.63) is 24.3 Å². The molecule has 0 aromatic rings. The maximum atomic E-state index is 13.1. The lowest BCUT2D eigenvalue weighted by Crippen LogP contribution is -2.60. The molecule has 90 heavy (non-hydrogen) atoms. The molecule has 0 radical (unpaired) electrons. The van der Waals surface area contributed by atoms with Gasteiger partial charge < -0.3 is 45.1 Å². The largest absolute Gasteiger partial charge is 0.466 e. The second kappa shape index (κ2) is 68.5. The van der Waals surface area contributed by atoms with Crippen LogP contribution in [0.15, 0.2) is 24.3 Å². The number of allylic oxidation sites excluding steroid dienone is 3. The van der Waals surface area contributed by atoms with Gasteiger partial charge in [0.25, 0.3) is 0 Å². The summed E-state index contributed by atoms with van der Waals surface area (Å²) in [5, 5.41) is 54.6. The Bertz CT molecular complexity index is 1540. The van der Waals surface area contributed by atoms with E-state index in [0.717, 1.165) is 51.4 Å². The Labute approximate surface area is 556 Å². The number of aliphatic hydroxyl groups is 5. The van der Waals surface area contributed by atoms with E-state index in [1.807, 2.05) is 6.08 Å². The van der Waals surface area contributed by atoms with Crippen molar-refractivity contribution in [2.75, 3.05) is 19.8 Å². The molecule has 7 unspecified atom stereocenters. The first kappa shape index (κ1) is 86.2. The Morgan fingerprint density at radius 1 is 0.400 bits per heavy atom. The van der Waals surface area contributed by atoms with Crippen LogP contribution >= 0.6 is 0 Å². The molecule has 0 aliphatic carbocycles. The van der Waals surface area contributed by atoms with Gasteiger partial charge in [-0.15, -0.1) is 0 Å². The number of ether oxygens (including phenoxy) is 3. The topological polar surface area (TPSA) is 175 Å². The van der Waals surface area contributed by atoms with Crippen LogP contribution in [-0.2, 0) is 23.8 Å². The summed E-state index contributed by atoms with van der Waals surface area (Å²) >= 11 is 0. The van der Waals surface area contributed by atoms with Crippen molar-refractivity contribution in [2.45, 2.75) is 448 Å². The number of rotatable bonds is 71. The van der Waals surface area contributed by atoms with Crippen LogP contribution in [0.25, 0.3) is 0 Å². The van der Waals surface area contributed by atoms with Crippen LogP contribution in [0.3, 0.4) is 0 Å². The molecule has 6 N–H and O–H groups in total. The molecule has 1 saturated heterocycles. The summed E-state index contributed by atoms with van der Waals surface area (Å²) < 4.78 is 16.8. The quantitative estimate of drug-likeness (QED) is 0.0195. The third kappa shape index (κ3) is 56.5. The Balaban J connectivity index is 1.90.